The maximum Gasteiger partial charge on any atom is 0.329 e. The van der Waals surface area contributed by atoms with E-state index in [0.29, 0.717) is 13.3 Å². The van der Waals surface area contributed by atoms with Crippen LogP contribution in [0.5, 0.6) is 0 Å². The van der Waals surface area contributed by atoms with Crippen LogP contribution in [0.25, 0.3) is 0 Å². The van der Waals surface area contributed by atoms with Gasteiger partial charge in [0, 0.05) is 26.0 Å². The molecule has 1 rings (SSSR count). The second kappa shape index (κ2) is 3.39. The number of aryl methyl sites for hydroxylation is 1. The normalized spacial score (nSPS) is 10.4. The third-order valence-corrected chi connectivity index (χ3v) is 1.45. The number of hydrogen-bond donors (Lipinski definition) is 0. The van der Waals surface area contributed by atoms with Gasteiger partial charge in [0.25, 0.3) is 0 Å². The zero-order valence-electron chi connectivity index (χ0n) is 6.78. The lowest BCUT2D eigenvalue weighted by Crippen LogP contribution is -2.22. The first-order chi connectivity index (χ1) is 5.25. The zero-order chi connectivity index (χ0) is 8.27. The molecule has 0 bridgehead atoms. The van der Waals surface area contributed by atoms with Crippen LogP contribution in [0.2, 0.25) is 0 Å². The van der Waals surface area contributed by atoms with E-state index in [2.05, 4.69) is 0 Å². The van der Waals surface area contributed by atoms with E-state index in [-0.39, 0.29) is 5.69 Å². The third kappa shape index (κ3) is 1.71. The summed E-state index contributed by atoms with van der Waals surface area (Å²) < 4.78 is 8.09. The molecule has 0 fully saturated rings. The summed E-state index contributed by atoms with van der Waals surface area (Å²) in [5.41, 5.74) is -0.0431. The van der Waals surface area contributed by atoms with Crippen LogP contribution in [-0.4, -0.2) is 15.7 Å². The molecule has 0 aliphatic carbocycles. The van der Waals surface area contributed by atoms with E-state index in [1.165, 1.54) is 9.13 Å². The maximum absolute atomic E-state index is 11.1. The quantitative estimate of drug-likeness (QED) is 0.626. The molecular formula is C7H12N2O2. The highest BCUT2D eigenvalue weighted by Crippen LogP contribution is 1.83. The van der Waals surface area contributed by atoms with Crippen LogP contribution >= 0.6 is 0 Å². The van der Waals surface area contributed by atoms with Crippen LogP contribution in [0.1, 0.15) is 6.92 Å². The summed E-state index contributed by atoms with van der Waals surface area (Å²) in [5.74, 6) is 0. The van der Waals surface area contributed by atoms with Crippen molar-refractivity contribution in [3.05, 3.63) is 22.9 Å². The smallest absolute Gasteiger partial charge is 0.329 e. The number of ether oxygens (including phenoxy) is 1. The van der Waals surface area contributed by atoms with Gasteiger partial charge in [0.2, 0.25) is 0 Å². The number of imidazole rings is 1. The Morgan fingerprint density at radius 1 is 1.55 bits per heavy atom. The van der Waals surface area contributed by atoms with E-state index >= 15 is 0 Å². The van der Waals surface area contributed by atoms with Crippen LogP contribution in [-0.2, 0) is 18.5 Å². The molecule has 0 saturated heterocycles. The van der Waals surface area contributed by atoms with Crippen LogP contribution in [0.3, 0.4) is 0 Å². The summed E-state index contributed by atoms with van der Waals surface area (Å²) in [6, 6.07) is 0. The molecule has 0 atom stereocenters. The van der Waals surface area contributed by atoms with Crippen molar-refractivity contribution < 1.29 is 4.74 Å². The van der Waals surface area contributed by atoms with Crippen LogP contribution in [0, 0.1) is 0 Å². The highest BCUT2D eigenvalue weighted by molar-refractivity contribution is 4.78. The van der Waals surface area contributed by atoms with Gasteiger partial charge in [-0.05, 0) is 6.92 Å². The Kier molecular flexibility index (Phi) is 2.48. The van der Waals surface area contributed by atoms with E-state index in [4.69, 9.17) is 4.74 Å². The minimum absolute atomic E-state index is 0.0431. The summed E-state index contributed by atoms with van der Waals surface area (Å²) in [7, 11) is 1.71. The fourth-order valence-electron chi connectivity index (χ4n) is 0.798. The first kappa shape index (κ1) is 8.07. The Labute approximate surface area is 65.0 Å². The molecule has 0 saturated carbocycles. The summed E-state index contributed by atoms with van der Waals surface area (Å²) in [6.45, 7) is 2.87. The van der Waals surface area contributed by atoms with Crippen molar-refractivity contribution in [2.75, 3.05) is 6.61 Å². The summed E-state index contributed by atoms with van der Waals surface area (Å²) in [5, 5.41) is 0. The molecule has 0 aliphatic rings. The van der Waals surface area contributed by atoms with E-state index < -0.39 is 0 Å². The van der Waals surface area contributed by atoms with Gasteiger partial charge < -0.3 is 9.30 Å². The maximum atomic E-state index is 11.1. The van der Waals surface area contributed by atoms with Crippen molar-refractivity contribution >= 4 is 0 Å². The van der Waals surface area contributed by atoms with Gasteiger partial charge in [-0.3, -0.25) is 4.57 Å². The zero-order valence-corrected chi connectivity index (χ0v) is 6.78. The second-order valence-corrected chi connectivity index (χ2v) is 2.28. The molecule has 0 radical (unpaired) electrons. The minimum atomic E-state index is -0.0431. The molecule has 0 N–H and O–H groups in total. The number of hydrogen-bond acceptors (Lipinski definition) is 2. The molecule has 0 aromatic carbocycles. The van der Waals surface area contributed by atoms with Crippen molar-refractivity contribution in [2.24, 2.45) is 7.05 Å². The Bertz CT molecular complexity index is 274. The highest BCUT2D eigenvalue weighted by Gasteiger charge is 1.96. The lowest BCUT2D eigenvalue weighted by atomic mass is 10.8. The Morgan fingerprint density at radius 2 is 2.27 bits per heavy atom. The van der Waals surface area contributed by atoms with Gasteiger partial charge in [-0.1, -0.05) is 0 Å². The standard InChI is InChI=1S/C7H12N2O2/c1-3-11-6-9-5-4-8(2)7(9)10/h4-5H,3,6H2,1-2H3. The van der Waals surface area contributed by atoms with Crippen molar-refractivity contribution in [2.45, 2.75) is 13.7 Å². The molecule has 0 aliphatic heterocycles. The fourth-order valence-corrected chi connectivity index (χ4v) is 0.798. The number of nitrogens with zero attached hydrogens (tertiary/aromatic N) is 2. The van der Waals surface area contributed by atoms with Crippen LogP contribution < -0.4 is 5.69 Å². The average Bonchev–Trinajstić information content (AvgIpc) is 2.31. The van der Waals surface area contributed by atoms with Gasteiger partial charge in [0.1, 0.15) is 6.73 Å². The van der Waals surface area contributed by atoms with Crippen LogP contribution in [0.4, 0.5) is 0 Å². The summed E-state index contributed by atoms with van der Waals surface area (Å²) >= 11 is 0. The first-order valence-electron chi connectivity index (χ1n) is 3.55. The van der Waals surface area contributed by atoms with Crippen molar-refractivity contribution in [1.29, 1.82) is 0 Å². The molecule has 11 heavy (non-hydrogen) atoms. The molecule has 1 heterocycles. The Balaban J connectivity index is 2.71. The lowest BCUT2D eigenvalue weighted by Gasteiger charge is -1.99. The SMILES string of the molecule is CCOCn1ccn(C)c1=O. The molecule has 1 aromatic rings. The molecule has 4 heteroatoms. The molecule has 1 aromatic heterocycles. The van der Waals surface area contributed by atoms with Crippen molar-refractivity contribution in [1.82, 2.24) is 9.13 Å². The van der Waals surface area contributed by atoms with Gasteiger partial charge in [-0.25, -0.2) is 4.79 Å². The molecule has 62 valence electrons. The molecule has 0 unspecified atom stereocenters. The van der Waals surface area contributed by atoms with Gasteiger partial charge in [0.05, 0.1) is 0 Å². The van der Waals surface area contributed by atoms with E-state index in [1.807, 2.05) is 6.92 Å². The largest absolute Gasteiger partial charge is 0.361 e. The molecule has 4 nitrogen and oxygen atoms in total. The van der Waals surface area contributed by atoms with Gasteiger partial charge >= 0.3 is 5.69 Å². The predicted octanol–water partition coefficient (Wildman–Crippen LogP) is 0.181. The number of aromatic nitrogens is 2. The monoisotopic (exact) mass is 156 g/mol. The molecule has 0 amide bonds. The summed E-state index contributed by atoms with van der Waals surface area (Å²) in [4.78, 5) is 11.1. The Hall–Kier alpha value is -1.03. The molecule has 0 spiro atoms. The lowest BCUT2D eigenvalue weighted by molar-refractivity contribution is 0.0852. The minimum Gasteiger partial charge on any atom is -0.361 e. The first-order valence-corrected chi connectivity index (χ1v) is 3.55. The van der Waals surface area contributed by atoms with Crippen molar-refractivity contribution in [3.63, 3.8) is 0 Å². The highest BCUT2D eigenvalue weighted by atomic mass is 16.5. The van der Waals surface area contributed by atoms with Gasteiger partial charge in [-0.15, -0.1) is 0 Å². The van der Waals surface area contributed by atoms with E-state index in [9.17, 15) is 4.79 Å². The van der Waals surface area contributed by atoms with E-state index in [0.717, 1.165) is 0 Å². The average molecular weight is 156 g/mol. The fraction of sp³-hybridized carbons (Fsp3) is 0.571. The van der Waals surface area contributed by atoms with Crippen LogP contribution in [0.15, 0.2) is 17.2 Å². The second-order valence-electron chi connectivity index (χ2n) is 2.28. The Morgan fingerprint density at radius 3 is 2.73 bits per heavy atom. The van der Waals surface area contributed by atoms with Gasteiger partial charge in [-0.2, -0.15) is 0 Å². The topological polar surface area (TPSA) is 36.2 Å². The molecular weight excluding hydrogens is 144 g/mol. The third-order valence-electron chi connectivity index (χ3n) is 1.45. The van der Waals surface area contributed by atoms with Gasteiger partial charge in [0.15, 0.2) is 0 Å². The predicted molar refractivity (Wildman–Crippen MR) is 41.3 cm³/mol. The number of rotatable bonds is 3. The van der Waals surface area contributed by atoms with Crippen molar-refractivity contribution in [3.8, 4) is 0 Å². The van der Waals surface area contributed by atoms with E-state index in [1.54, 1.807) is 19.4 Å². The summed E-state index contributed by atoms with van der Waals surface area (Å²) in [6.07, 6.45) is 3.42.